The first-order valence-electron chi connectivity index (χ1n) is 3.20. The van der Waals surface area contributed by atoms with Crippen LogP contribution < -0.4 is 0 Å². The Morgan fingerprint density at radius 3 is 3.08 bits per heavy atom. The van der Waals surface area contributed by atoms with Crippen molar-refractivity contribution in [1.82, 2.24) is 15.0 Å². The standard InChI is InChI=1S/C7H3IN4/c8-6-5-4(1-9)2-10-7(5)12-3-11-6/h2-3H,(H,10,11,12). The van der Waals surface area contributed by atoms with Gasteiger partial charge in [-0.3, -0.25) is 0 Å². The number of rotatable bonds is 0. The first-order chi connectivity index (χ1) is 5.83. The average molecular weight is 270 g/mol. The van der Waals surface area contributed by atoms with E-state index in [2.05, 4.69) is 43.6 Å². The van der Waals surface area contributed by atoms with E-state index in [9.17, 15) is 0 Å². The van der Waals surface area contributed by atoms with Crippen molar-refractivity contribution in [3.8, 4) is 6.07 Å². The molecule has 0 saturated heterocycles. The zero-order chi connectivity index (χ0) is 8.55. The van der Waals surface area contributed by atoms with E-state index in [4.69, 9.17) is 5.26 Å². The molecule has 0 aliphatic heterocycles. The molecule has 0 aliphatic rings. The summed E-state index contributed by atoms with van der Waals surface area (Å²) in [5.41, 5.74) is 1.31. The molecular weight excluding hydrogens is 267 g/mol. The minimum absolute atomic E-state index is 0.593. The molecule has 2 aromatic rings. The molecule has 0 bridgehead atoms. The van der Waals surface area contributed by atoms with Crippen molar-refractivity contribution in [3.05, 3.63) is 21.8 Å². The molecule has 0 spiro atoms. The zero-order valence-corrected chi connectivity index (χ0v) is 8.03. The van der Waals surface area contributed by atoms with E-state index in [1.807, 2.05) is 0 Å². The van der Waals surface area contributed by atoms with Crippen LogP contribution in [0.4, 0.5) is 0 Å². The number of nitrogens with one attached hydrogen (secondary N) is 1. The average Bonchev–Trinajstić information content (AvgIpc) is 2.49. The van der Waals surface area contributed by atoms with Crippen LogP contribution in [0.25, 0.3) is 11.0 Å². The van der Waals surface area contributed by atoms with Crippen molar-refractivity contribution in [2.75, 3.05) is 0 Å². The van der Waals surface area contributed by atoms with E-state index in [1.54, 1.807) is 6.20 Å². The molecule has 58 valence electrons. The van der Waals surface area contributed by atoms with Crippen LogP contribution in [0.5, 0.6) is 0 Å². The summed E-state index contributed by atoms with van der Waals surface area (Å²) in [5.74, 6) is 0. The van der Waals surface area contributed by atoms with Crippen LogP contribution in [0, 0.1) is 15.0 Å². The Hall–Kier alpha value is -1.16. The van der Waals surface area contributed by atoms with Crippen molar-refractivity contribution in [1.29, 1.82) is 5.26 Å². The van der Waals surface area contributed by atoms with Gasteiger partial charge in [0.25, 0.3) is 0 Å². The SMILES string of the molecule is N#Cc1c[nH]c2ncnc(I)c12. The van der Waals surface area contributed by atoms with Gasteiger partial charge in [-0.2, -0.15) is 5.26 Å². The fourth-order valence-corrected chi connectivity index (χ4v) is 1.68. The molecule has 0 fully saturated rings. The van der Waals surface area contributed by atoms with Gasteiger partial charge in [0.05, 0.1) is 10.9 Å². The summed E-state index contributed by atoms with van der Waals surface area (Å²) in [7, 11) is 0. The number of fused-ring (bicyclic) bond motifs is 1. The van der Waals surface area contributed by atoms with Gasteiger partial charge in [-0.15, -0.1) is 0 Å². The van der Waals surface area contributed by atoms with Crippen molar-refractivity contribution in [3.63, 3.8) is 0 Å². The van der Waals surface area contributed by atoms with Crippen LogP contribution >= 0.6 is 22.6 Å². The third kappa shape index (κ3) is 0.956. The minimum atomic E-state index is 0.593. The summed E-state index contributed by atoms with van der Waals surface area (Å²) in [6.45, 7) is 0. The normalized spacial score (nSPS) is 10.0. The first kappa shape index (κ1) is 7.49. The van der Waals surface area contributed by atoms with Crippen LogP contribution in [0.1, 0.15) is 5.56 Å². The lowest BCUT2D eigenvalue weighted by Crippen LogP contribution is -1.85. The molecule has 2 heterocycles. The third-order valence-corrected chi connectivity index (χ3v) is 2.36. The second kappa shape index (κ2) is 2.71. The molecule has 12 heavy (non-hydrogen) atoms. The maximum absolute atomic E-state index is 8.72. The molecule has 2 aromatic heterocycles. The smallest absolute Gasteiger partial charge is 0.143 e. The number of hydrogen-bond donors (Lipinski definition) is 1. The van der Waals surface area contributed by atoms with Crippen molar-refractivity contribution < 1.29 is 0 Å². The molecule has 0 unspecified atom stereocenters. The summed E-state index contributed by atoms with van der Waals surface area (Å²) in [6, 6.07) is 2.07. The Labute approximate surface area is 81.8 Å². The number of hydrogen-bond acceptors (Lipinski definition) is 3. The highest BCUT2D eigenvalue weighted by molar-refractivity contribution is 14.1. The number of halogens is 1. The number of H-pyrrole nitrogens is 1. The van der Waals surface area contributed by atoms with Gasteiger partial charge >= 0.3 is 0 Å². The predicted octanol–water partition coefficient (Wildman–Crippen LogP) is 1.43. The highest BCUT2D eigenvalue weighted by Crippen LogP contribution is 2.19. The molecule has 0 atom stereocenters. The maximum Gasteiger partial charge on any atom is 0.143 e. The number of nitrogens with zero attached hydrogens (tertiary/aromatic N) is 3. The van der Waals surface area contributed by atoms with E-state index in [-0.39, 0.29) is 0 Å². The summed E-state index contributed by atoms with van der Waals surface area (Å²) in [5, 5.41) is 9.53. The number of aromatic nitrogens is 3. The Bertz CT molecular complexity index is 468. The van der Waals surface area contributed by atoms with Crippen LogP contribution in [-0.2, 0) is 0 Å². The summed E-state index contributed by atoms with van der Waals surface area (Å²) < 4.78 is 0.801. The molecule has 0 aliphatic carbocycles. The molecule has 0 amide bonds. The summed E-state index contributed by atoms with van der Waals surface area (Å²) >= 11 is 2.08. The van der Waals surface area contributed by atoms with Crippen LogP contribution in [0.15, 0.2) is 12.5 Å². The highest BCUT2D eigenvalue weighted by Gasteiger charge is 2.07. The maximum atomic E-state index is 8.72. The van der Waals surface area contributed by atoms with Gasteiger partial charge in [-0.1, -0.05) is 0 Å². The second-order valence-corrected chi connectivity index (χ2v) is 3.22. The van der Waals surface area contributed by atoms with Gasteiger partial charge in [-0.25, -0.2) is 9.97 Å². The molecule has 5 heteroatoms. The van der Waals surface area contributed by atoms with Gasteiger partial charge < -0.3 is 4.98 Å². The van der Waals surface area contributed by atoms with E-state index in [0.29, 0.717) is 11.2 Å². The fourth-order valence-electron chi connectivity index (χ4n) is 1.01. The second-order valence-electron chi connectivity index (χ2n) is 2.20. The van der Waals surface area contributed by atoms with E-state index >= 15 is 0 Å². The van der Waals surface area contributed by atoms with Crippen molar-refractivity contribution >= 4 is 33.6 Å². The lowest BCUT2D eigenvalue weighted by Gasteiger charge is -1.90. The molecule has 0 radical (unpaired) electrons. The predicted molar refractivity (Wildman–Crippen MR) is 51.3 cm³/mol. The lowest BCUT2D eigenvalue weighted by atomic mass is 10.3. The van der Waals surface area contributed by atoms with E-state index < -0.39 is 0 Å². The minimum Gasteiger partial charge on any atom is -0.345 e. The zero-order valence-electron chi connectivity index (χ0n) is 5.87. The third-order valence-electron chi connectivity index (χ3n) is 1.54. The lowest BCUT2D eigenvalue weighted by molar-refractivity contribution is 1.17. The van der Waals surface area contributed by atoms with Crippen LogP contribution in [0.3, 0.4) is 0 Å². The number of aromatic amines is 1. The topological polar surface area (TPSA) is 65.4 Å². The van der Waals surface area contributed by atoms with Crippen molar-refractivity contribution in [2.24, 2.45) is 0 Å². The number of nitriles is 1. The van der Waals surface area contributed by atoms with Gasteiger partial charge in [0.1, 0.15) is 21.7 Å². The quantitative estimate of drug-likeness (QED) is 0.581. The fraction of sp³-hybridized carbons (Fsp3) is 0. The molecule has 1 N–H and O–H groups in total. The summed E-state index contributed by atoms with van der Waals surface area (Å²) in [4.78, 5) is 10.9. The Morgan fingerprint density at radius 2 is 2.33 bits per heavy atom. The molecule has 2 rings (SSSR count). The Kier molecular flexibility index (Phi) is 1.69. The molecule has 0 saturated carbocycles. The van der Waals surface area contributed by atoms with E-state index in [0.717, 1.165) is 9.09 Å². The van der Waals surface area contributed by atoms with Gasteiger partial charge in [0.15, 0.2) is 0 Å². The van der Waals surface area contributed by atoms with Crippen LogP contribution in [-0.4, -0.2) is 15.0 Å². The summed E-state index contributed by atoms with van der Waals surface area (Å²) in [6.07, 6.45) is 3.11. The first-order valence-corrected chi connectivity index (χ1v) is 4.28. The highest BCUT2D eigenvalue weighted by atomic mass is 127. The molecule has 4 nitrogen and oxygen atoms in total. The largest absolute Gasteiger partial charge is 0.345 e. The van der Waals surface area contributed by atoms with Gasteiger partial charge in [0.2, 0.25) is 0 Å². The molecular formula is C7H3IN4. The monoisotopic (exact) mass is 270 g/mol. The Morgan fingerprint density at radius 1 is 1.50 bits per heavy atom. The van der Waals surface area contributed by atoms with Gasteiger partial charge in [0, 0.05) is 6.20 Å². The van der Waals surface area contributed by atoms with E-state index in [1.165, 1.54) is 6.33 Å². The van der Waals surface area contributed by atoms with Gasteiger partial charge in [-0.05, 0) is 22.6 Å². The molecule has 0 aromatic carbocycles. The van der Waals surface area contributed by atoms with Crippen LogP contribution in [0.2, 0.25) is 0 Å². The van der Waals surface area contributed by atoms with Crippen molar-refractivity contribution in [2.45, 2.75) is 0 Å². The Balaban J connectivity index is 2.95.